The second-order valence-electron chi connectivity index (χ2n) is 15.1. The molecular formula is C37H51N5O5. The predicted octanol–water partition coefficient (Wildman–Crippen LogP) is 7.36. The lowest BCUT2D eigenvalue weighted by Crippen LogP contribution is -2.33. The number of benzene rings is 1. The largest absolute Gasteiger partial charge is 0.494 e. The zero-order chi connectivity index (χ0) is 34.4. The minimum atomic E-state index is -0.520. The second-order valence-corrected chi connectivity index (χ2v) is 15.1. The van der Waals surface area contributed by atoms with E-state index >= 15 is 0 Å². The van der Waals surface area contributed by atoms with Gasteiger partial charge < -0.3 is 29.1 Å². The molecule has 10 heteroatoms. The Balaban J connectivity index is 1.44. The van der Waals surface area contributed by atoms with E-state index in [-0.39, 0.29) is 18.1 Å². The first-order valence-corrected chi connectivity index (χ1v) is 16.7. The van der Waals surface area contributed by atoms with Crippen LogP contribution in [-0.2, 0) is 27.9 Å². The summed E-state index contributed by atoms with van der Waals surface area (Å²) in [6.45, 7) is 16.1. The summed E-state index contributed by atoms with van der Waals surface area (Å²) >= 11 is 0. The number of aromatic nitrogens is 4. The third-order valence-electron chi connectivity index (χ3n) is 9.01. The Morgan fingerprint density at radius 1 is 1.04 bits per heavy atom. The molecule has 2 N–H and O–H groups in total. The van der Waals surface area contributed by atoms with Crippen LogP contribution >= 0.6 is 0 Å². The van der Waals surface area contributed by atoms with E-state index in [0.717, 1.165) is 66.0 Å². The van der Waals surface area contributed by atoms with E-state index in [1.54, 1.807) is 19.2 Å². The van der Waals surface area contributed by atoms with Crippen molar-refractivity contribution in [1.29, 1.82) is 0 Å². The topological polar surface area (TPSA) is 123 Å². The average Bonchev–Trinajstić information content (AvgIpc) is 3.49. The van der Waals surface area contributed by atoms with Crippen molar-refractivity contribution in [3.05, 3.63) is 41.6 Å². The Bertz CT molecular complexity index is 1790. The van der Waals surface area contributed by atoms with Crippen LogP contribution < -0.4 is 10.5 Å². The Morgan fingerprint density at radius 2 is 1.77 bits per heavy atom. The molecule has 1 saturated carbocycles. The SMILES string of the molecule is COc1cc(C(=O)OC(C)C)cc2nc(-c3cc4ccc([C@@H](C)N)nc4n3C[C@@H]3C[C@H]3CCCC(C)(C)C(=O)OC(C)(C)C)n(C)c12. The fourth-order valence-corrected chi connectivity index (χ4v) is 6.31. The fourth-order valence-electron chi connectivity index (χ4n) is 6.31. The Hall–Kier alpha value is -3.92. The molecule has 3 heterocycles. The highest BCUT2D eigenvalue weighted by Crippen LogP contribution is 2.46. The van der Waals surface area contributed by atoms with Crippen LogP contribution in [-0.4, -0.2) is 49.9 Å². The molecule has 0 unspecified atom stereocenters. The van der Waals surface area contributed by atoms with Gasteiger partial charge in [-0.3, -0.25) is 4.79 Å². The number of hydrogen-bond acceptors (Lipinski definition) is 8. The third kappa shape index (κ3) is 7.48. The first kappa shape index (κ1) is 34.4. The van der Waals surface area contributed by atoms with Crippen molar-refractivity contribution >= 4 is 34.0 Å². The van der Waals surface area contributed by atoms with Crippen LogP contribution in [0.25, 0.3) is 33.6 Å². The number of imidazole rings is 1. The van der Waals surface area contributed by atoms with Gasteiger partial charge in [0.2, 0.25) is 0 Å². The van der Waals surface area contributed by atoms with Crippen LogP contribution in [0.4, 0.5) is 0 Å². The summed E-state index contributed by atoms with van der Waals surface area (Å²) in [6, 6.07) is 9.48. The summed E-state index contributed by atoms with van der Waals surface area (Å²) < 4.78 is 21.2. The van der Waals surface area contributed by atoms with Crippen molar-refractivity contribution in [2.24, 2.45) is 30.0 Å². The Kier molecular flexibility index (Phi) is 9.48. The van der Waals surface area contributed by atoms with Crippen LogP contribution in [0, 0.1) is 17.3 Å². The number of fused-ring (bicyclic) bond motifs is 2. The van der Waals surface area contributed by atoms with Gasteiger partial charge in [-0.05, 0) is 110 Å². The quantitative estimate of drug-likeness (QED) is 0.159. The molecule has 1 fully saturated rings. The number of carbonyl (C=O) groups excluding carboxylic acids is 2. The van der Waals surface area contributed by atoms with E-state index in [1.165, 1.54) is 0 Å². The van der Waals surface area contributed by atoms with E-state index in [2.05, 4.69) is 16.7 Å². The zero-order valence-corrected chi connectivity index (χ0v) is 29.6. The highest BCUT2D eigenvalue weighted by atomic mass is 16.6. The minimum absolute atomic E-state index is 0.139. The Labute approximate surface area is 278 Å². The van der Waals surface area contributed by atoms with Crippen LogP contribution in [0.15, 0.2) is 30.3 Å². The van der Waals surface area contributed by atoms with Gasteiger partial charge in [-0.1, -0.05) is 12.8 Å². The molecule has 0 bridgehead atoms. The Morgan fingerprint density at radius 3 is 2.40 bits per heavy atom. The maximum atomic E-state index is 12.8. The van der Waals surface area contributed by atoms with Gasteiger partial charge in [0, 0.05) is 25.0 Å². The lowest BCUT2D eigenvalue weighted by atomic mass is 9.86. The highest BCUT2D eigenvalue weighted by Gasteiger charge is 2.39. The van der Waals surface area contributed by atoms with E-state index in [9.17, 15) is 9.59 Å². The summed E-state index contributed by atoms with van der Waals surface area (Å²) in [4.78, 5) is 35.6. The normalized spacial score (nSPS) is 17.4. The number of ether oxygens (including phenoxy) is 3. The van der Waals surface area contributed by atoms with Gasteiger partial charge in [-0.15, -0.1) is 0 Å². The fraction of sp³-hybridized carbons (Fsp3) is 0.568. The predicted molar refractivity (Wildman–Crippen MR) is 184 cm³/mol. The molecule has 10 nitrogen and oxygen atoms in total. The van der Waals surface area contributed by atoms with Gasteiger partial charge in [0.25, 0.3) is 0 Å². The van der Waals surface area contributed by atoms with E-state index in [4.69, 9.17) is 29.9 Å². The molecular weight excluding hydrogens is 594 g/mol. The number of hydrogen-bond donors (Lipinski definition) is 1. The number of methoxy groups -OCH3 is 1. The van der Waals surface area contributed by atoms with Gasteiger partial charge in [0.05, 0.1) is 41.1 Å². The number of nitrogens with two attached hydrogens (primary N) is 1. The van der Waals surface area contributed by atoms with Crippen molar-refractivity contribution in [2.45, 2.75) is 105 Å². The number of rotatable bonds is 12. The third-order valence-corrected chi connectivity index (χ3v) is 9.01. The lowest BCUT2D eigenvalue weighted by molar-refractivity contribution is -0.166. The molecule has 0 spiro atoms. The lowest BCUT2D eigenvalue weighted by Gasteiger charge is -2.28. The van der Waals surface area contributed by atoms with Crippen molar-refractivity contribution < 1.29 is 23.8 Å². The molecule has 0 aliphatic heterocycles. The summed E-state index contributed by atoms with van der Waals surface area (Å²) in [6.07, 6.45) is 3.69. The monoisotopic (exact) mass is 645 g/mol. The smallest absolute Gasteiger partial charge is 0.338 e. The molecule has 1 aromatic carbocycles. The summed E-state index contributed by atoms with van der Waals surface area (Å²) in [5.74, 6) is 1.81. The van der Waals surface area contributed by atoms with Gasteiger partial charge in [-0.2, -0.15) is 0 Å². The molecule has 1 aliphatic carbocycles. The van der Waals surface area contributed by atoms with Crippen molar-refractivity contribution in [3.8, 4) is 17.3 Å². The van der Waals surface area contributed by atoms with Crippen LogP contribution in [0.5, 0.6) is 5.75 Å². The summed E-state index contributed by atoms with van der Waals surface area (Å²) in [5, 5.41) is 1.01. The molecule has 0 saturated heterocycles. The maximum absolute atomic E-state index is 12.8. The average molecular weight is 646 g/mol. The van der Waals surface area contributed by atoms with Crippen LogP contribution in [0.2, 0.25) is 0 Å². The van der Waals surface area contributed by atoms with E-state index < -0.39 is 17.0 Å². The van der Waals surface area contributed by atoms with Gasteiger partial charge in [0.1, 0.15) is 22.5 Å². The van der Waals surface area contributed by atoms with E-state index in [0.29, 0.717) is 28.7 Å². The molecule has 4 aromatic rings. The molecule has 3 atom stereocenters. The number of nitrogens with zero attached hydrogens (tertiary/aromatic N) is 4. The van der Waals surface area contributed by atoms with Crippen molar-refractivity contribution in [1.82, 2.24) is 19.1 Å². The first-order chi connectivity index (χ1) is 22.0. The summed E-state index contributed by atoms with van der Waals surface area (Å²) in [7, 11) is 3.56. The van der Waals surface area contributed by atoms with Gasteiger partial charge in [0.15, 0.2) is 5.82 Å². The molecule has 1 aliphatic rings. The highest BCUT2D eigenvalue weighted by molar-refractivity contribution is 5.97. The minimum Gasteiger partial charge on any atom is -0.494 e. The van der Waals surface area contributed by atoms with Gasteiger partial charge in [-0.25, -0.2) is 14.8 Å². The van der Waals surface area contributed by atoms with Crippen molar-refractivity contribution in [2.75, 3.05) is 7.11 Å². The number of carbonyl (C=O) groups is 2. The van der Waals surface area contributed by atoms with Crippen LogP contribution in [0.1, 0.15) is 103 Å². The standard InChI is InChI=1S/C37H51N5O5/c1-21(2)46-34(43)25-17-28-31(30(19-25)45-10)41(9)33(40-28)29-18-24-13-14-27(22(3)38)39-32(24)42(29)20-26-16-23(26)12-11-15-37(7,8)35(44)47-36(4,5)6/h13-14,17-19,21-23,26H,11-12,15-16,20,38H2,1-10H3/t22-,23-,26+/m1/s1. The summed E-state index contributed by atoms with van der Waals surface area (Å²) in [5.41, 5.74) is 9.74. The molecule has 5 rings (SSSR count). The molecule has 0 amide bonds. The zero-order valence-electron chi connectivity index (χ0n) is 29.6. The maximum Gasteiger partial charge on any atom is 0.338 e. The second kappa shape index (κ2) is 12.9. The van der Waals surface area contributed by atoms with Crippen LogP contribution in [0.3, 0.4) is 0 Å². The molecule has 47 heavy (non-hydrogen) atoms. The van der Waals surface area contributed by atoms with Gasteiger partial charge >= 0.3 is 11.9 Å². The molecule has 0 radical (unpaired) electrons. The number of esters is 2. The first-order valence-electron chi connectivity index (χ1n) is 16.7. The number of aryl methyl sites for hydroxylation is 1. The molecule has 254 valence electrons. The van der Waals surface area contributed by atoms with E-state index in [1.807, 2.05) is 73.1 Å². The van der Waals surface area contributed by atoms with Crippen molar-refractivity contribution in [3.63, 3.8) is 0 Å². The molecule has 3 aromatic heterocycles. The number of pyridine rings is 1.